The van der Waals surface area contributed by atoms with E-state index in [4.69, 9.17) is 11.6 Å². The van der Waals surface area contributed by atoms with Crippen LogP contribution in [-0.4, -0.2) is 31.7 Å². The van der Waals surface area contributed by atoms with Crippen molar-refractivity contribution < 1.29 is 9.18 Å². The lowest BCUT2D eigenvalue weighted by Gasteiger charge is -2.09. The average Bonchev–Trinajstić information content (AvgIpc) is 2.96. The zero-order valence-corrected chi connectivity index (χ0v) is 12.5. The first kappa shape index (κ1) is 15.2. The van der Waals surface area contributed by atoms with Gasteiger partial charge in [0, 0.05) is 13.2 Å². The summed E-state index contributed by atoms with van der Waals surface area (Å²) in [5.41, 5.74) is 3.04. The van der Waals surface area contributed by atoms with Gasteiger partial charge < -0.3 is 0 Å². The van der Waals surface area contributed by atoms with E-state index in [1.165, 1.54) is 30.3 Å². The minimum Gasteiger partial charge on any atom is -0.271 e. The van der Waals surface area contributed by atoms with E-state index in [1.807, 2.05) is 0 Å². The summed E-state index contributed by atoms with van der Waals surface area (Å²) < 4.78 is 16.2. The number of aromatic nitrogens is 4. The molecule has 0 spiro atoms. The first-order chi connectivity index (χ1) is 9.90. The zero-order chi connectivity index (χ0) is 15.6. The molecule has 0 saturated carbocycles. The normalized spacial score (nSPS) is 12.8. The van der Waals surface area contributed by atoms with Gasteiger partial charge in [-0.1, -0.05) is 11.6 Å². The highest BCUT2D eigenvalue weighted by molar-refractivity contribution is 6.30. The fourth-order valence-electron chi connectivity index (χ4n) is 1.69. The Kier molecular flexibility index (Phi) is 4.37. The minimum absolute atomic E-state index is 0.229. The zero-order valence-electron chi connectivity index (χ0n) is 11.7. The summed E-state index contributed by atoms with van der Waals surface area (Å²) in [6, 6.07) is -0.588. The van der Waals surface area contributed by atoms with E-state index in [9.17, 15) is 9.18 Å². The molecule has 2 rings (SSSR count). The Hall–Kier alpha value is -2.22. The second kappa shape index (κ2) is 6.04. The second-order valence-electron chi connectivity index (χ2n) is 4.46. The monoisotopic (exact) mass is 312 g/mol. The van der Waals surface area contributed by atoms with E-state index >= 15 is 0 Å². The van der Waals surface area contributed by atoms with Gasteiger partial charge in [0.1, 0.15) is 6.04 Å². The maximum atomic E-state index is 13.6. The third-order valence-corrected chi connectivity index (χ3v) is 3.11. The van der Waals surface area contributed by atoms with Crippen molar-refractivity contribution in [2.75, 3.05) is 0 Å². The molecule has 2 heterocycles. The highest BCUT2D eigenvalue weighted by Gasteiger charge is 2.15. The summed E-state index contributed by atoms with van der Waals surface area (Å²) in [6.45, 7) is 3.30. The van der Waals surface area contributed by atoms with Crippen molar-refractivity contribution in [2.24, 2.45) is 12.1 Å². The maximum absolute atomic E-state index is 13.6. The van der Waals surface area contributed by atoms with Gasteiger partial charge in [0.2, 0.25) is 5.95 Å². The molecule has 0 saturated heterocycles. The summed E-state index contributed by atoms with van der Waals surface area (Å²) in [7, 11) is 1.49. The molecule has 1 atom stereocenters. The predicted octanol–water partition coefficient (Wildman–Crippen LogP) is 1.43. The number of carbonyl (C=O) groups excluding carboxylic acids is 1. The van der Waals surface area contributed by atoms with Gasteiger partial charge in [-0.25, -0.2) is 10.1 Å². The third-order valence-electron chi connectivity index (χ3n) is 2.91. The lowest BCUT2D eigenvalue weighted by atomic mass is 10.3. The van der Waals surface area contributed by atoms with Crippen molar-refractivity contribution in [3.05, 3.63) is 34.6 Å². The third kappa shape index (κ3) is 3.27. The van der Waals surface area contributed by atoms with Crippen LogP contribution >= 0.6 is 11.6 Å². The van der Waals surface area contributed by atoms with Crippen LogP contribution in [-0.2, 0) is 11.8 Å². The molecule has 0 aliphatic rings. The summed E-state index contributed by atoms with van der Waals surface area (Å²) in [5, 5.41) is 12.0. The van der Waals surface area contributed by atoms with Crippen molar-refractivity contribution in [3.63, 3.8) is 0 Å². The minimum atomic E-state index is -0.588. The van der Waals surface area contributed by atoms with Gasteiger partial charge in [-0.3, -0.25) is 9.48 Å². The molecular weight excluding hydrogens is 299 g/mol. The maximum Gasteiger partial charge on any atom is 0.264 e. The molecule has 2 aromatic rings. The van der Waals surface area contributed by atoms with Gasteiger partial charge in [0.25, 0.3) is 5.91 Å². The largest absolute Gasteiger partial charge is 0.271 e. The number of aryl methyl sites for hydroxylation is 2. The fourth-order valence-corrected chi connectivity index (χ4v) is 1.84. The van der Waals surface area contributed by atoms with E-state index in [1.54, 1.807) is 13.8 Å². The molecule has 7 nitrogen and oxygen atoms in total. The van der Waals surface area contributed by atoms with Crippen LogP contribution < -0.4 is 5.43 Å². The molecule has 0 radical (unpaired) electrons. The number of rotatable bonds is 4. The van der Waals surface area contributed by atoms with Gasteiger partial charge in [-0.15, -0.1) is 0 Å². The molecule has 0 fully saturated rings. The molecule has 112 valence electrons. The quantitative estimate of drug-likeness (QED) is 0.685. The van der Waals surface area contributed by atoms with E-state index in [0.717, 1.165) is 4.68 Å². The van der Waals surface area contributed by atoms with Gasteiger partial charge in [-0.05, 0) is 13.8 Å². The fraction of sp³-hybridized carbons (Fsp3) is 0.333. The molecule has 1 unspecified atom stereocenters. The van der Waals surface area contributed by atoms with E-state index < -0.39 is 17.9 Å². The Morgan fingerprint density at radius 2 is 2.33 bits per heavy atom. The molecule has 0 aromatic carbocycles. The Labute approximate surface area is 125 Å². The van der Waals surface area contributed by atoms with Crippen LogP contribution in [0.1, 0.15) is 24.2 Å². The Morgan fingerprint density at radius 3 is 2.86 bits per heavy atom. The van der Waals surface area contributed by atoms with Crippen molar-refractivity contribution in [3.8, 4) is 0 Å². The Bertz CT molecular complexity index is 692. The van der Waals surface area contributed by atoms with E-state index in [0.29, 0.717) is 10.7 Å². The molecule has 9 heteroatoms. The summed E-state index contributed by atoms with van der Waals surface area (Å²) >= 11 is 5.74. The number of nitrogens with zero attached hydrogens (tertiary/aromatic N) is 5. The summed E-state index contributed by atoms with van der Waals surface area (Å²) in [6.07, 6.45) is 4.18. The van der Waals surface area contributed by atoms with Gasteiger partial charge in [-0.2, -0.15) is 19.7 Å². The smallest absolute Gasteiger partial charge is 0.264 e. The van der Waals surface area contributed by atoms with Crippen LogP contribution in [0.5, 0.6) is 0 Å². The molecule has 2 aromatic heterocycles. The van der Waals surface area contributed by atoms with Gasteiger partial charge in [0.15, 0.2) is 0 Å². The van der Waals surface area contributed by atoms with Crippen molar-refractivity contribution in [1.29, 1.82) is 0 Å². The molecule has 0 bridgehead atoms. The highest BCUT2D eigenvalue weighted by Crippen LogP contribution is 2.11. The lowest BCUT2D eigenvalue weighted by molar-refractivity contribution is -0.124. The summed E-state index contributed by atoms with van der Waals surface area (Å²) in [5.74, 6) is -0.912. The Balaban J connectivity index is 2.02. The standard InChI is InChI=1S/C12H14ClFN6O/c1-7-10(11(14)19(3)18-7)5-15-17-12(21)8(2)20-6-9(13)4-16-20/h4-6,8H,1-3H3,(H,17,21). The lowest BCUT2D eigenvalue weighted by Crippen LogP contribution is -2.27. The van der Waals surface area contributed by atoms with Crippen LogP contribution in [0.3, 0.4) is 0 Å². The van der Waals surface area contributed by atoms with Crippen molar-refractivity contribution in [1.82, 2.24) is 25.0 Å². The van der Waals surface area contributed by atoms with E-state index in [-0.39, 0.29) is 5.56 Å². The molecule has 1 amide bonds. The first-order valence-electron chi connectivity index (χ1n) is 6.11. The molecule has 0 aliphatic heterocycles. The second-order valence-corrected chi connectivity index (χ2v) is 4.90. The van der Waals surface area contributed by atoms with Crippen molar-refractivity contribution >= 4 is 23.7 Å². The molecular formula is C12H14ClFN6O. The first-order valence-corrected chi connectivity index (χ1v) is 6.49. The van der Waals surface area contributed by atoms with Crippen LogP contribution in [0.2, 0.25) is 5.02 Å². The number of nitrogens with one attached hydrogen (secondary N) is 1. The van der Waals surface area contributed by atoms with Crippen LogP contribution in [0, 0.1) is 12.9 Å². The van der Waals surface area contributed by atoms with Gasteiger partial charge >= 0.3 is 0 Å². The average molecular weight is 313 g/mol. The number of hydrazone groups is 1. The summed E-state index contributed by atoms with van der Waals surface area (Å²) in [4.78, 5) is 11.9. The Morgan fingerprint density at radius 1 is 1.62 bits per heavy atom. The number of carbonyl (C=O) groups is 1. The van der Waals surface area contributed by atoms with Crippen molar-refractivity contribution in [2.45, 2.75) is 19.9 Å². The van der Waals surface area contributed by atoms with E-state index in [2.05, 4.69) is 20.7 Å². The van der Waals surface area contributed by atoms with Gasteiger partial charge in [0.05, 0.1) is 28.7 Å². The molecule has 0 aliphatic carbocycles. The number of amides is 1. The van der Waals surface area contributed by atoms with Crippen LogP contribution in [0.25, 0.3) is 0 Å². The number of hydrogen-bond acceptors (Lipinski definition) is 4. The highest BCUT2D eigenvalue weighted by atomic mass is 35.5. The number of halogens is 2. The predicted molar refractivity (Wildman–Crippen MR) is 75.6 cm³/mol. The topological polar surface area (TPSA) is 77.1 Å². The molecule has 1 N–H and O–H groups in total. The molecule has 21 heavy (non-hydrogen) atoms. The van der Waals surface area contributed by atoms with Crippen LogP contribution in [0.15, 0.2) is 17.5 Å². The SMILES string of the molecule is Cc1nn(C)c(F)c1C=NNC(=O)C(C)n1cc(Cl)cn1. The van der Waals surface area contributed by atoms with Crippen LogP contribution in [0.4, 0.5) is 4.39 Å². The number of hydrogen-bond donors (Lipinski definition) is 1.